The molecule has 1 heterocycles. The summed E-state index contributed by atoms with van der Waals surface area (Å²) < 4.78 is 10.7. The number of thioether (sulfide) groups is 1. The molecule has 0 saturated heterocycles. The van der Waals surface area contributed by atoms with E-state index in [0.717, 1.165) is 22.8 Å². The Morgan fingerprint density at radius 2 is 1.96 bits per heavy atom. The van der Waals surface area contributed by atoms with E-state index in [9.17, 15) is 4.79 Å². The van der Waals surface area contributed by atoms with Gasteiger partial charge in [0, 0.05) is 19.3 Å². The maximum absolute atomic E-state index is 12.3. The summed E-state index contributed by atoms with van der Waals surface area (Å²) in [7, 11) is 1.83. The summed E-state index contributed by atoms with van der Waals surface area (Å²) in [4.78, 5) is 14.0. The highest BCUT2D eigenvalue weighted by Crippen LogP contribution is 2.32. The van der Waals surface area contributed by atoms with Gasteiger partial charge in [-0.25, -0.2) is 0 Å². The molecule has 0 saturated carbocycles. The Kier molecular flexibility index (Phi) is 5.30. The van der Waals surface area contributed by atoms with Crippen molar-refractivity contribution in [3.05, 3.63) is 59.2 Å². The Morgan fingerprint density at radius 1 is 1.12 bits per heavy atom. The van der Waals surface area contributed by atoms with Crippen molar-refractivity contribution in [1.82, 2.24) is 4.90 Å². The van der Waals surface area contributed by atoms with Gasteiger partial charge in [0.25, 0.3) is 0 Å². The third-order valence-corrected chi connectivity index (χ3v) is 4.85. The summed E-state index contributed by atoms with van der Waals surface area (Å²) in [5, 5.41) is 0. The molecule has 0 fully saturated rings. The van der Waals surface area contributed by atoms with Gasteiger partial charge in [0.15, 0.2) is 11.5 Å². The summed E-state index contributed by atoms with van der Waals surface area (Å²) in [6, 6.07) is 14.2. The molecule has 126 valence electrons. The first kappa shape index (κ1) is 16.7. The Balaban J connectivity index is 1.48. The van der Waals surface area contributed by atoms with Crippen molar-refractivity contribution in [2.45, 2.75) is 19.2 Å². The van der Waals surface area contributed by atoms with Crippen LogP contribution in [0.1, 0.15) is 16.7 Å². The first-order valence-electron chi connectivity index (χ1n) is 7.87. The Hall–Kier alpha value is -2.14. The zero-order valence-corrected chi connectivity index (χ0v) is 14.8. The average molecular weight is 343 g/mol. The van der Waals surface area contributed by atoms with Gasteiger partial charge >= 0.3 is 0 Å². The molecule has 0 atom stereocenters. The number of benzene rings is 2. The van der Waals surface area contributed by atoms with Crippen LogP contribution in [0, 0.1) is 6.92 Å². The molecule has 1 amide bonds. The lowest BCUT2D eigenvalue weighted by molar-refractivity contribution is -0.127. The molecular weight excluding hydrogens is 322 g/mol. The van der Waals surface area contributed by atoms with Gasteiger partial charge in [0.2, 0.25) is 12.7 Å². The second-order valence-electron chi connectivity index (χ2n) is 5.92. The van der Waals surface area contributed by atoms with Crippen molar-refractivity contribution in [2.24, 2.45) is 0 Å². The van der Waals surface area contributed by atoms with E-state index >= 15 is 0 Å². The maximum Gasteiger partial charge on any atom is 0.232 e. The van der Waals surface area contributed by atoms with Crippen LogP contribution in [0.2, 0.25) is 0 Å². The minimum absolute atomic E-state index is 0.130. The molecule has 2 aromatic rings. The third kappa shape index (κ3) is 4.23. The Labute approximate surface area is 146 Å². The first-order valence-corrected chi connectivity index (χ1v) is 9.03. The topological polar surface area (TPSA) is 38.8 Å². The van der Waals surface area contributed by atoms with Crippen LogP contribution in [-0.4, -0.2) is 30.4 Å². The van der Waals surface area contributed by atoms with Crippen molar-refractivity contribution >= 4 is 17.7 Å². The molecule has 24 heavy (non-hydrogen) atoms. The van der Waals surface area contributed by atoms with E-state index in [0.29, 0.717) is 12.3 Å². The van der Waals surface area contributed by atoms with Gasteiger partial charge in [0.05, 0.1) is 5.75 Å². The van der Waals surface area contributed by atoms with Crippen molar-refractivity contribution in [2.75, 3.05) is 19.6 Å². The second-order valence-corrected chi connectivity index (χ2v) is 6.90. The zero-order chi connectivity index (χ0) is 16.9. The number of aryl methyl sites for hydroxylation is 1. The summed E-state index contributed by atoms with van der Waals surface area (Å²) in [6.45, 7) is 2.92. The quantitative estimate of drug-likeness (QED) is 0.803. The predicted molar refractivity (Wildman–Crippen MR) is 96.4 cm³/mol. The van der Waals surface area contributed by atoms with Gasteiger partial charge in [-0.2, -0.15) is 0 Å². The number of amides is 1. The number of hydrogen-bond donors (Lipinski definition) is 0. The monoisotopic (exact) mass is 343 g/mol. The Bertz CT molecular complexity index is 732. The van der Waals surface area contributed by atoms with Gasteiger partial charge in [-0.05, 0) is 30.2 Å². The Morgan fingerprint density at radius 3 is 2.79 bits per heavy atom. The molecule has 0 unspecified atom stereocenters. The fourth-order valence-electron chi connectivity index (χ4n) is 2.57. The van der Waals surface area contributed by atoms with Gasteiger partial charge in [-0.15, -0.1) is 11.8 Å². The molecule has 1 aliphatic rings. The minimum atomic E-state index is 0.130. The molecule has 0 aliphatic carbocycles. The third-order valence-electron chi connectivity index (χ3n) is 3.86. The van der Waals surface area contributed by atoms with E-state index in [1.54, 1.807) is 16.7 Å². The lowest BCUT2D eigenvalue weighted by atomic mass is 10.2. The molecule has 0 bridgehead atoms. The van der Waals surface area contributed by atoms with Crippen LogP contribution in [0.5, 0.6) is 11.5 Å². The predicted octanol–water partition coefficient (Wildman–Crippen LogP) is 3.62. The number of rotatable bonds is 6. The van der Waals surface area contributed by atoms with Gasteiger partial charge in [-0.3, -0.25) is 4.79 Å². The van der Waals surface area contributed by atoms with Crippen molar-refractivity contribution in [3.8, 4) is 11.5 Å². The largest absolute Gasteiger partial charge is 0.454 e. The molecule has 1 aliphatic heterocycles. The molecular formula is C19H21NO3S. The number of ether oxygens (including phenoxy) is 2. The number of carbonyl (C=O) groups is 1. The van der Waals surface area contributed by atoms with Crippen LogP contribution in [0.4, 0.5) is 0 Å². The summed E-state index contributed by atoms with van der Waals surface area (Å²) in [6.07, 6.45) is 0. The molecule has 0 radical (unpaired) electrons. The van der Waals surface area contributed by atoms with Crippen molar-refractivity contribution < 1.29 is 14.3 Å². The number of hydrogen-bond acceptors (Lipinski definition) is 4. The lowest BCUT2D eigenvalue weighted by Gasteiger charge is -2.17. The summed E-state index contributed by atoms with van der Waals surface area (Å²) in [5.41, 5.74) is 3.55. The fourth-order valence-corrected chi connectivity index (χ4v) is 3.48. The van der Waals surface area contributed by atoms with E-state index in [-0.39, 0.29) is 12.7 Å². The highest BCUT2D eigenvalue weighted by molar-refractivity contribution is 7.99. The lowest BCUT2D eigenvalue weighted by Crippen LogP contribution is -2.27. The summed E-state index contributed by atoms with van der Waals surface area (Å²) >= 11 is 1.65. The van der Waals surface area contributed by atoms with E-state index in [1.807, 2.05) is 25.2 Å². The van der Waals surface area contributed by atoms with Crippen LogP contribution in [-0.2, 0) is 17.1 Å². The molecule has 3 rings (SSSR count). The number of nitrogens with zero attached hydrogens (tertiary/aromatic N) is 1. The van der Waals surface area contributed by atoms with Crippen molar-refractivity contribution in [1.29, 1.82) is 0 Å². The fraction of sp³-hybridized carbons (Fsp3) is 0.316. The molecule has 0 spiro atoms. The number of fused-ring (bicyclic) bond motifs is 1. The van der Waals surface area contributed by atoms with Crippen molar-refractivity contribution in [3.63, 3.8) is 0 Å². The van der Waals surface area contributed by atoms with E-state index in [2.05, 4.69) is 31.2 Å². The van der Waals surface area contributed by atoms with E-state index in [1.165, 1.54) is 11.1 Å². The van der Waals surface area contributed by atoms with Crippen LogP contribution in [0.25, 0.3) is 0 Å². The summed E-state index contributed by atoms with van der Waals surface area (Å²) in [5.74, 6) is 2.98. The minimum Gasteiger partial charge on any atom is -0.454 e. The SMILES string of the molecule is Cc1cccc(CSCC(=O)N(C)Cc2ccc3c(c2)OCO3)c1. The van der Waals surface area contributed by atoms with Gasteiger partial charge in [-0.1, -0.05) is 35.9 Å². The molecule has 0 aromatic heterocycles. The highest BCUT2D eigenvalue weighted by atomic mass is 32.2. The standard InChI is InChI=1S/C19H21NO3S/c1-14-4-3-5-16(8-14)11-24-12-19(21)20(2)10-15-6-7-17-18(9-15)23-13-22-17/h3-9H,10-13H2,1-2H3. The second kappa shape index (κ2) is 7.62. The zero-order valence-electron chi connectivity index (χ0n) is 14.0. The van der Waals surface area contributed by atoms with Crippen LogP contribution in [0.3, 0.4) is 0 Å². The smallest absolute Gasteiger partial charge is 0.232 e. The van der Waals surface area contributed by atoms with E-state index in [4.69, 9.17) is 9.47 Å². The van der Waals surface area contributed by atoms with Crippen LogP contribution < -0.4 is 9.47 Å². The first-order chi connectivity index (χ1) is 11.6. The van der Waals surface area contributed by atoms with Gasteiger partial charge < -0.3 is 14.4 Å². The highest BCUT2D eigenvalue weighted by Gasteiger charge is 2.15. The average Bonchev–Trinajstić information content (AvgIpc) is 3.02. The van der Waals surface area contributed by atoms with Gasteiger partial charge in [0.1, 0.15) is 0 Å². The molecule has 5 heteroatoms. The normalized spacial score (nSPS) is 12.2. The van der Waals surface area contributed by atoms with Crippen LogP contribution in [0.15, 0.2) is 42.5 Å². The molecule has 2 aromatic carbocycles. The maximum atomic E-state index is 12.3. The number of carbonyl (C=O) groups excluding carboxylic acids is 1. The van der Waals surface area contributed by atoms with E-state index < -0.39 is 0 Å². The van der Waals surface area contributed by atoms with Crippen LogP contribution >= 0.6 is 11.8 Å². The molecule has 4 nitrogen and oxygen atoms in total. The molecule has 0 N–H and O–H groups in total.